The molecule has 0 aliphatic heterocycles. The molecule has 2 aromatic carbocycles. The molecule has 0 atom stereocenters. The van der Waals surface area contributed by atoms with Gasteiger partial charge in [0.05, 0.1) is 18.5 Å². The second-order valence-corrected chi connectivity index (χ2v) is 7.76. The predicted molar refractivity (Wildman–Crippen MR) is 112 cm³/mol. The van der Waals surface area contributed by atoms with Gasteiger partial charge in [-0.2, -0.15) is 0 Å². The maximum Gasteiger partial charge on any atom is 0.240 e. The number of hydrogen-bond acceptors (Lipinski definition) is 4. The molecule has 6 heteroatoms. The summed E-state index contributed by atoms with van der Waals surface area (Å²) in [4.78, 5) is 16.8. The summed E-state index contributed by atoms with van der Waals surface area (Å²) in [5, 5.41) is 13.3. The number of benzene rings is 2. The molecule has 0 radical (unpaired) electrons. The molecule has 3 aromatic rings. The molecule has 0 fully saturated rings. The van der Waals surface area contributed by atoms with Crippen molar-refractivity contribution in [1.29, 1.82) is 0 Å². The van der Waals surface area contributed by atoms with Gasteiger partial charge in [-0.05, 0) is 25.0 Å². The average Bonchev–Trinajstić information content (AvgIpc) is 3.08. The molecule has 5 nitrogen and oxygen atoms in total. The number of amides is 1. The van der Waals surface area contributed by atoms with Crippen LogP contribution in [0, 0.1) is 13.8 Å². The number of aliphatic hydroxyl groups is 1. The highest BCUT2D eigenvalue weighted by Crippen LogP contribution is 2.23. The van der Waals surface area contributed by atoms with Gasteiger partial charge in [0.1, 0.15) is 6.54 Å². The van der Waals surface area contributed by atoms with Crippen LogP contribution in [-0.2, 0) is 30.2 Å². The van der Waals surface area contributed by atoms with Gasteiger partial charge in [0.2, 0.25) is 5.91 Å². The van der Waals surface area contributed by atoms with Crippen molar-refractivity contribution in [2.24, 2.45) is 0 Å². The van der Waals surface area contributed by atoms with Crippen molar-refractivity contribution in [2.45, 2.75) is 44.5 Å². The molecule has 0 saturated heterocycles. The van der Waals surface area contributed by atoms with Gasteiger partial charge in [-0.15, -0.1) is 0 Å². The second kappa shape index (κ2) is 9.57. The zero-order valence-corrected chi connectivity index (χ0v) is 17.0. The van der Waals surface area contributed by atoms with E-state index < -0.39 is 0 Å². The number of aromatic nitrogens is 2. The minimum Gasteiger partial charge on any atom is -0.390 e. The average molecular weight is 396 g/mol. The van der Waals surface area contributed by atoms with Gasteiger partial charge in [0, 0.05) is 12.3 Å². The van der Waals surface area contributed by atoms with Crippen molar-refractivity contribution in [1.82, 2.24) is 14.9 Å². The Labute approximate surface area is 169 Å². The van der Waals surface area contributed by atoms with Gasteiger partial charge in [0.25, 0.3) is 0 Å². The Morgan fingerprint density at radius 3 is 2.25 bits per heavy atom. The van der Waals surface area contributed by atoms with Crippen LogP contribution in [0.1, 0.15) is 27.9 Å². The van der Waals surface area contributed by atoms with Gasteiger partial charge in [-0.1, -0.05) is 71.4 Å². The van der Waals surface area contributed by atoms with Gasteiger partial charge >= 0.3 is 0 Å². The van der Waals surface area contributed by atoms with E-state index in [0.29, 0.717) is 12.2 Å². The number of rotatable bonds is 8. The molecule has 146 valence electrons. The summed E-state index contributed by atoms with van der Waals surface area (Å²) < 4.78 is 1.78. The number of carbonyl (C=O) groups excluding carboxylic acids is 1. The first-order valence-corrected chi connectivity index (χ1v) is 10.2. The predicted octanol–water partition coefficient (Wildman–Crippen LogP) is 3.60. The summed E-state index contributed by atoms with van der Waals surface area (Å²) in [6.45, 7) is 4.56. The van der Waals surface area contributed by atoms with E-state index in [1.807, 2.05) is 31.2 Å². The molecular formula is C22H25N3O2S. The molecular weight excluding hydrogens is 370 g/mol. The number of nitrogens with zero attached hydrogens (tertiary/aromatic N) is 2. The number of carbonyl (C=O) groups is 1. The molecule has 1 heterocycles. The van der Waals surface area contributed by atoms with Crippen molar-refractivity contribution < 1.29 is 9.90 Å². The Balaban J connectivity index is 1.61. The van der Waals surface area contributed by atoms with Gasteiger partial charge in [-0.3, -0.25) is 4.79 Å². The highest BCUT2D eigenvalue weighted by Gasteiger charge is 2.13. The molecule has 0 bridgehead atoms. The van der Waals surface area contributed by atoms with E-state index in [4.69, 9.17) is 0 Å². The lowest BCUT2D eigenvalue weighted by molar-refractivity contribution is -0.122. The van der Waals surface area contributed by atoms with Gasteiger partial charge in [0.15, 0.2) is 5.16 Å². The quantitative estimate of drug-likeness (QED) is 0.572. The van der Waals surface area contributed by atoms with Gasteiger partial charge < -0.3 is 15.0 Å². The molecule has 0 saturated carbocycles. The number of imidazole rings is 1. The summed E-state index contributed by atoms with van der Waals surface area (Å²) in [5.74, 6) is 0.651. The zero-order chi connectivity index (χ0) is 19.9. The Kier molecular flexibility index (Phi) is 6.90. The minimum atomic E-state index is -0.149. The highest BCUT2D eigenvalue weighted by atomic mass is 32.2. The van der Waals surface area contributed by atoms with Crippen molar-refractivity contribution >= 4 is 17.7 Å². The lowest BCUT2D eigenvalue weighted by Crippen LogP contribution is -2.28. The Morgan fingerprint density at radius 1 is 1.04 bits per heavy atom. The monoisotopic (exact) mass is 395 g/mol. The first-order chi connectivity index (χ1) is 13.5. The standard InChI is InChI=1S/C22H25N3O2S/c1-16-3-7-18(8-4-16)11-23-21(27)13-25-20(14-26)12-24-22(25)28-15-19-9-5-17(2)6-10-19/h3-10,12,26H,11,13-15H2,1-2H3,(H,23,27). The highest BCUT2D eigenvalue weighted by molar-refractivity contribution is 7.98. The van der Waals surface area contributed by atoms with Crippen LogP contribution < -0.4 is 5.32 Å². The third-order valence-corrected chi connectivity index (χ3v) is 5.53. The molecule has 3 rings (SSSR count). The van der Waals surface area contributed by atoms with Crippen LogP contribution in [0.5, 0.6) is 0 Å². The first kappa shape index (κ1) is 20.2. The number of aryl methyl sites for hydroxylation is 2. The zero-order valence-electron chi connectivity index (χ0n) is 16.2. The van der Waals surface area contributed by atoms with Crippen molar-refractivity contribution in [2.75, 3.05) is 0 Å². The van der Waals surface area contributed by atoms with Crippen LogP contribution in [0.15, 0.2) is 59.9 Å². The van der Waals surface area contributed by atoms with E-state index in [1.54, 1.807) is 22.5 Å². The largest absolute Gasteiger partial charge is 0.390 e. The third kappa shape index (κ3) is 5.47. The summed E-state index contributed by atoms with van der Waals surface area (Å²) in [6, 6.07) is 16.4. The minimum absolute atomic E-state index is 0.106. The van der Waals surface area contributed by atoms with E-state index >= 15 is 0 Å². The van der Waals surface area contributed by atoms with Gasteiger partial charge in [-0.25, -0.2) is 4.98 Å². The molecule has 0 aliphatic rings. The van der Waals surface area contributed by atoms with E-state index in [-0.39, 0.29) is 19.1 Å². The van der Waals surface area contributed by atoms with E-state index in [1.165, 1.54) is 16.7 Å². The van der Waals surface area contributed by atoms with Crippen LogP contribution in [0.4, 0.5) is 0 Å². The summed E-state index contributed by atoms with van der Waals surface area (Å²) in [5.41, 5.74) is 5.30. The Hall–Kier alpha value is -2.57. The number of hydrogen-bond donors (Lipinski definition) is 2. The molecule has 1 amide bonds. The first-order valence-electron chi connectivity index (χ1n) is 9.21. The maximum atomic E-state index is 12.4. The van der Waals surface area contributed by atoms with Crippen LogP contribution in [0.2, 0.25) is 0 Å². The summed E-state index contributed by atoms with van der Waals surface area (Å²) in [6.07, 6.45) is 1.63. The molecule has 28 heavy (non-hydrogen) atoms. The van der Waals surface area contributed by atoms with Crippen LogP contribution in [0.3, 0.4) is 0 Å². The normalized spacial score (nSPS) is 10.8. The lowest BCUT2D eigenvalue weighted by atomic mass is 10.1. The smallest absolute Gasteiger partial charge is 0.240 e. The van der Waals surface area contributed by atoms with E-state index in [0.717, 1.165) is 16.5 Å². The van der Waals surface area contributed by atoms with Crippen molar-refractivity contribution in [3.63, 3.8) is 0 Å². The van der Waals surface area contributed by atoms with Crippen LogP contribution in [-0.4, -0.2) is 20.6 Å². The molecule has 1 aromatic heterocycles. The summed E-state index contributed by atoms with van der Waals surface area (Å²) >= 11 is 1.56. The van der Waals surface area contributed by atoms with Crippen molar-refractivity contribution in [3.05, 3.63) is 82.7 Å². The maximum absolute atomic E-state index is 12.4. The van der Waals surface area contributed by atoms with Crippen LogP contribution >= 0.6 is 11.8 Å². The van der Waals surface area contributed by atoms with E-state index in [9.17, 15) is 9.90 Å². The third-order valence-electron chi connectivity index (χ3n) is 4.46. The van der Waals surface area contributed by atoms with Crippen molar-refractivity contribution in [3.8, 4) is 0 Å². The topological polar surface area (TPSA) is 67.2 Å². The SMILES string of the molecule is Cc1ccc(CNC(=O)Cn2c(CO)cnc2SCc2ccc(C)cc2)cc1. The Morgan fingerprint density at radius 2 is 1.64 bits per heavy atom. The fraction of sp³-hybridized carbons (Fsp3) is 0.273. The molecule has 2 N–H and O–H groups in total. The van der Waals surface area contributed by atoms with E-state index in [2.05, 4.69) is 41.5 Å². The fourth-order valence-electron chi connectivity index (χ4n) is 2.74. The fourth-order valence-corrected chi connectivity index (χ4v) is 3.69. The summed E-state index contributed by atoms with van der Waals surface area (Å²) in [7, 11) is 0. The van der Waals surface area contributed by atoms with Crippen LogP contribution in [0.25, 0.3) is 0 Å². The number of aliphatic hydroxyl groups excluding tert-OH is 1. The lowest BCUT2D eigenvalue weighted by Gasteiger charge is -2.11. The molecule has 0 aliphatic carbocycles. The molecule has 0 spiro atoms. The molecule has 0 unspecified atom stereocenters. The number of thioether (sulfide) groups is 1. The second-order valence-electron chi connectivity index (χ2n) is 6.81. The number of nitrogens with one attached hydrogen (secondary N) is 1. The Bertz CT molecular complexity index is 918.